The molecule has 1 atom stereocenters. The normalized spacial score (nSPS) is 11.8. The number of nitrogen functional groups attached to an aromatic ring is 1. The lowest BCUT2D eigenvalue weighted by atomic mass is 10.1. The first-order valence-electron chi connectivity index (χ1n) is 5.63. The van der Waals surface area contributed by atoms with Crippen LogP contribution in [-0.2, 0) is 16.6 Å². The van der Waals surface area contributed by atoms with Gasteiger partial charge in [-0.25, -0.2) is 4.39 Å². The molecule has 0 fully saturated rings. The van der Waals surface area contributed by atoms with Gasteiger partial charge >= 0.3 is 0 Å². The van der Waals surface area contributed by atoms with Crippen LogP contribution in [-0.4, -0.2) is 4.21 Å². The van der Waals surface area contributed by atoms with Gasteiger partial charge in [0.1, 0.15) is 5.82 Å². The average Bonchev–Trinajstić information content (AvgIpc) is 2.41. The van der Waals surface area contributed by atoms with E-state index in [0.717, 1.165) is 4.47 Å². The number of anilines is 1. The summed E-state index contributed by atoms with van der Waals surface area (Å²) in [5.41, 5.74) is 6.92. The molecule has 3 nitrogen and oxygen atoms in total. The maximum Gasteiger partial charge on any atom is 0.123 e. The molecule has 0 spiro atoms. The Bertz CT molecular complexity index is 728. The maximum atomic E-state index is 13.2. The van der Waals surface area contributed by atoms with Crippen LogP contribution < -0.4 is 5.73 Å². The third kappa shape index (κ3) is 3.24. The van der Waals surface area contributed by atoms with Crippen molar-refractivity contribution < 1.29 is 8.60 Å². The lowest BCUT2D eigenvalue weighted by Gasteiger charge is -2.08. The van der Waals surface area contributed by atoms with Crippen LogP contribution in [0.25, 0.3) is 0 Å². The summed E-state index contributed by atoms with van der Waals surface area (Å²) in [6, 6.07) is 10.8. The van der Waals surface area contributed by atoms with E-state index in [1.54, 1.807) is 18.2 Å². The molecule has 0 aliphatic carbocycles. The summed E-state index contributed by atoms with van der Waals surface area (Å²) in [5, 5.41) is 8.99. The van der Waals surface area contributed by atoms with Crippen molar-refractivity contribution in [2.45, 2.75) is 10.6 Å². The Morgan fingerprint density at radius 3 is 2.75 bits per heavy atom. The highest BCUT2D eigenvalue weighted by molar-refractivity contribution is 9.10. The number of nitrogens with two attached hydrogens (primary N) is 1. The van der Waals surface area contributed by atoms with Crippen molar-refractivity contribution >= 4 is 32.4 Å². The summed E-state index contributed by atoms with van der Waals surface area (Å²) in [5.74, 6) is -0.417. The molecule has 0 saturated carbocycles. The maximum absolute atomic E-state index is 13.2. The van der Waals surface area contributed by atoms with E-state index in [9.17, 15) is 8.60 Å². The van der Waals surface area contributed by atoms with E-state index in [0.29, 0.717) is 21.7 Å². The Kier molecular flexibility index (Phi) is 4.53. The van der Waals surface area contributed by atoms with Gasteiger partial charge in [-0.1, -0.05) is 15.9 Å². The van der Waals surface area contributed by atoms with Crippen LogP contribution >= 0.6 is 15.9 Å². The minimum Gasteiger partial charge on any atom is -0.398 e. The quantitative estimate of drug-likeness (QED) is 0.861. The van der Waals surface area contributed by atoms with Gasteiger partial charge in [0, 0.05) is 10.2 Å². The molecular weight excluding hydrogens is 343 g/mol. The molecule has 0 saturated heterocycles. The molecule has 2 N–H and O–H groups in total. The lowest BCUT2D eigenvalue weighted by molar-refractivity contribution is 0.626. The van der Waals surface area contributed by atoms with Crippen LogP contribution in [0.3, 0.4) is 0 Å². The van der Waals surface area contributed by atoms with Gasteiger partial charge in [-0.2, -0.15) is 5.26 Å². The molecule has 20 heavy (non-hydrogen) atoms. The first-order valence-corrected chi connectivity index (χ1v) is 7.74. The Labute approximate surface area is 126 Å². The molecule has 1 unspecified atom stereocenters. The van der Waals surface area contributed by atoms with Crippen LogP contribution in [0.4, 0.5) is 10.1 Å². The van der Waals surface area contributed by atoms with E-state index in [1.807, 2.05) is 6.07 Å². The van der Waals surface area contributed by atoms with Crippen molar-refractivity contribution in [1.29, 1.82) is 5.26 Å². The fourth-order valence-electron chi connectivity index (χ4n) is 1.72. The minimum absolute atomic E-state index is 0.0430. The van der Waals surface area contributed by atoms with Crippen LogP contribution in [0.15, 0.2) is 45.8 Å². The van der Waals surface area contributed by atoms with Crippen molar-refractivity contribution in [2.75, 3.05) is 5.73 Å². The molecule has 0 heterocycles. The standard InChI is InChI=1S/C14H10BrFN2OS/c15-11-2-4-13(18)14(6-11)20(19)8-10-5-12(16)3-1-9(10)7-17/h1-6H,8,18H2. The molecule has 102 valence electrons. The Balaban J connectivity index is 2.35. The van der Waals surface area contributed by atoms with Crippen LogP contribution in [0.1, 0.15) is 11.1 Å². The molecule has 0 amide bonds. The highest BCUT2D eigenvalue weighted by atomic mass is 79.9. The number of hydrogen-bond acceptors (Lipinski definition) is 3. The predicted molar refractivity (Wildman–Crippen MR) is 79.8 cm³/mol. The van der Waals surface area contributed by atoms with Gasteiger partial charge < -0.3 is 5.73 Å². The van der Waals surface area contributed by atoms with Gasteiger partial charge in [-0.3, -0.25) is 4.21 Å². The molecule has 0 aliphatic heterocycles. The topological polar surface area (TPSA) is 66.9 Å². The number of hydrogen-bond donors (Lipinski definition) is 1. The molecule has 2 aromatic carbocycles. The fourth-order valence-corrected chi connectivity index (χ4v) is 3.49. The summed E-state index contributed by atoms with van der Waals surface area (Å²) in [6.07, 6.45) is 0. The zero-order valence-corrected chi connectivity index (χ0v) is 12.7. The lowest BCUT2D eigenvalue weighted by Crippen LogP contribution is -2.03. The fraction of sp³-hybridized carbons (Fsp3) is 0.0714. The molecule has 0 radical (unpaired) electrons. The molecule has 6 heteroatoms. The second-order valence-corrected chi connectivity index (χ2v) is 6.42. The van der Waals surface area contributed by atoms with E-state index < -0.39 is 16.6 Å². The molecule has 2 rings (SSSR count). The molecule has 2 aromatic rings. The summed E-state index contributed by atoms with van der Waals surface area (Å²) < 4.78 is 26.3. The molecule has 0 aromatic heterocycles. The van der Waals surface area contributed by atoms with Crippen molar-refractivity contribution in [3.05, 3.63) is 57.8 Å². The van der Waals surface area contributed by atoms with Crippen LogP contribution in [0.5, 0.6) is 0 Å². The van der Waals surface area contributed by atoms with Gasteiger partial charge in [-0.05, 0) is 42.0 Å². The molecule has 0 bridgehead atoms. The summed E-state index contributed by atoms with van der Waals surface area (Å²) in [4.78, 5) is 0.465. The van der Waals surface area contributed by atoms with Gasteiger partial charge in [0.25, 0.3) is 0 Å². The van der Waals surface area contributed by atoms with Crippen molar-refractivity contribution in [3.63, 3.8) is 0 Å². The number of benzene rings is 2. The van der Waals surface area contributed by atoms with Gasteiger partial charge in [0.2, 0.25) is 0 Å². The number of nitriles is 1. The smallest absolute Gasteiger partial charge is 0.123 e. The highest BCUT2D eigenvalue weighted by Gasteiger charge is 2.13. The van der Waals surface area contributed by atoms with E-state index in [4.69, 9.17) is 11.0 Å². The SMILES string of the molecule is N#Cc1ccc(F)cc1CS(=O)c1cc(Br)ccc1N. The second-order valence-electron chi connectivity index (χ2n) is 4.09. The molecule has 0 aliphatic rings. The molecular formula is C14H10BrFN2OS. The summed E-state index contributed by atoms with van der Waals surface area (Å²) in [6.45, 7) is 0. The minimum atomic E-state index is -1.45. The highest BCUT2D eigenvalue weighted by Crippen LogP contribution is 2.24. The number of rotatable bonds is 3. The number of nitrogens with zero attached hydrogens (tertiary/aromatic N) is 1. The van der Waals surface area contributed by atoms with E-state index in [1.165, 1.54) is 18.2 Å². The van der Waals surface area contributed by atoms with Crippen molar-refractivity contribution in [2.24, 2.45) is 0 Å². The van der Waals surface area contributed by atoms with E-state index in [2.05, 4.69) is 15.9 Å². The van der Waals surface area contributed by atoms with Gasteiger partial charge in [0.05, 0.1) is 33.1 Å². The van der Waals surface area contributed by atoms with Crippen LogP contribution in [0, 0.1) is 17.1 Å². The van der Waals surface area contributed by atoms with Gasteiger partial charge in [-0.15, -0.1) is 0 Å². The second kappa shape index (κ2) is 6.16. The zero-order valence-electron chi connectivity index (χ0n) is 10.3. The largest absolute Gasteiger partial charge is 0.398 e. The summed E-state index contributed by atoms with van der Waals surface area (Å²) in [7, 11) is -1.45. The van der Waals surface area contributed by atoms with E-state index >= 15 is 0 Å². The Morgan fingerprint density at radius 1 is 1.30 bits per heavy atom. The Hall–Kier alpha value is -1.71. The zero-order chi connectivity index (χ0) is 14.7. The average molecular weight is 353 g/mol. The summed E-state index contributed by atoms with van der Waals surface area (Å²) >= 11 is 3.29. The van der Waals surface area contributed by atoms with Gasteiger partial charge in [0.15, 0.2) is 0 Å². The first kappa shape index (κ1) is 14.7. The monoisotopic (exact) mass is 352 g/mol. The van der Waals surface area contributed by atoms with E-state index in [-0.39, 0.29) is 5.75 Å². The Morgan fingerprint density at radius 2 is 2.05 bits per heavy atom. The predicted octanol–water partition coefficient (Wildman–Crippen LogP) is 3.35. The third-order valence-electron chi connectivity index (χ3n) is 2.70. The third-order valence-corrected chi connectivity index (χ3v) is 4.61. The first-order chi connectivity index (χ1) is 9.51. The van der Waals surface area contributed by atoms with Crippen LogP contribution in [0.2, 0.25) is 0 Å². The van der Waals surface area contributed by atoms with Crippen molar-refractivity contribution in [3.8, 4) is 6.07 Å². The van der Waals surface area contributed by atoms with Crippen molar-refractivity contribution in [1.82, 2.24) is 0 Å². The number of halogens is 2.